The lowest BCUT2D eigenvalue weighted by molar-refractivity contribution is 0.0972. The molecule has 7 nitrogen and oxygen atoms in total. The first-order valence-electron chi connectivity index (χ1n) is 8.79. The molecule has 0 radical (unpaired) electrons. The van der Waals surface area contributed by atoms with Crippen LogP contribution in [0, 0.1) is 0 Å². The zero-order valence-corrected chi connectivity index (χ0v) is 15.6. The number of rotatable bonds is 6. The number of aryl methyl sites for hydroxylation is 2. The molecule has 4 rings (SSSR count). The first-order valence-corrected chi connectivity index (χ1v) is 9.17. The van der Waals surface area contributed by atoms with Gasteiger partial charge >= 0.3 is 0 Å². The predicted molar refractivity (Wildman–Crippen MR) is 97.7 cm³/mol. The maximum Gasteiger partial charge on any atom is 0.227 e. The van der Waals surface area contributed by atoms with Crippen LogP contribution in [0.1, 0.15) is 52.6 Å². The monoisotopic (exact) mass is 386 g/mol. The molecule has 1 fully saturated rings. The van der Waals surface area contributed by atoms with Gasteiger partial charge < -0.3 is 13.8 Å². The number of aromatic nitrogens is 4. The van der Waals surface area contributed by atoms with E-state index in [0.29, 0.717) is 41.9 Å². The Balaban J connectivity index is 1.35. The fourth-order valence-corrected chi connectivity index (χ4v) is 3.35. The number of benzene rings is 1. The van der Waals surface area contributed by atoms with Crippen molar-refractivity contribution in [1.29, 1.82) is 0 Å². The predicted octanol–water partition coefficient (Wildman–Crippen LogP) is 3.52. The third-order valence-electron chi connectivity index (χ3n) is 4.76. The second-order valence-electron chi connectivity index (χ2n) is 6.67. The Labute approximate surface area is 161 Å². The summed E-state index contributed by atoms with van der Waals surface area (Å²) in [5.74, 6) is 1.18. The molecule has 0 unspecified atom stereocenters. The zero-order valence-electron chi connectivity index (χ0n) is 14.8. The van der Waals surface area contributed by atoms with Crippen LogP contribution in [-0.2, 0) is 18.2 Å². The second-order valence-corrected chi connectivity index (χ2v) is 7.10. The van der Waals surface area contributed by atoms with Crippen LogP contribution in [-0.4, -0.2) is 32.1 Å². The summed E-state index contributed by atoms with van der Waals surface area (Å²) in [6.07, 6.45) is 4.67. The van der Waals surface area contributed by atoms with Crippen LogP contribution in [0.2, 0.25) is 5.02 Å². The van der Waals surface area contributed by atoms with Crippen molar-refractivity contribution in [2.45, 2.75) is 31.3 Å². The lowest BCUT2D eigenvalue weighted by Crippen LogP contribution is -2.06. The van der Waals surface area contributed by atoms with Gasteiger partial charge in [-0.05, 0) is 24.1 Å². The molecule has 8 heteroatoms. The van der Waals surface area contributed by atoms with Crippen molar-refractivity contribution in [3.63, 3.8) is 0 Å². The van der Waals surface area contributed by atoms with E-state index in [0.717, 1.165) is 12.0 Å². The van der Waals surface area contributed by atoms with E-state index in [2.05, 4.69) is 15.1 Å². The maximum absolute atomic E-state index is 12.2. The first kappa shape index (κ1) is 17.9. The SMILES string of the molecule is Cn1cncc1C(=O)CCc1nc([C@H]2CO[C@H](c3ccc(Cl)cc3)C2)no1. The quantitative estimate of drug-likeness (QED) is 0.603. The Morgan fingerprint density at radius 3 is 2.89 bits per heavy atom. The van der Waals surface area contributed by atoms with Crippen molar-refractivity contribution in [2.75, 3.05) is 6.61 Å². The second kappa shape index (κ2) is 7.62. The highest BCUT2D eigenvalue weighted by atomic mass is 35.5. The minimum atomic E-state index is 0.000588. The number of carbonyl (C=O) groups is 1. The number of ketones is 1. The molecule has 140 valence electrons. The standard InChI is InChI=1S/C19H19ClN4O3/c1-24-11-21-9-15(24)16(25)6-7-18-22-19(23-27-18)13-8-17(26-10-13)12-2-4-14(20)5-3-12/h2-5,9,11,13,17H,6-8,10H2,1H3/t13-,17+/m1/s1. The van der Waals surface area contributed by atoms with Crippen molar-refractivity contribution in [2.24, 2.45) is 7.05 Å². The van der Waals surface area contributed by atoms with Gasteiger partial charge in [-0.25, -0.2) is 4.98 Å². The van der Waals surface area contributed by atoms with E-state index >= 15 is 0 Å². The highest BCUT2D eigenvalue weighted by Crippen LogP contribution is 2.37. The Hall–Kier alpha value is -2.51. The van der Waals surface area contributed by atoms with Gasteiger partial charge in [-0.1, -0.05) is 28.9 Å². The highest BCUT2D eigenvalue weighted by molar-refractivity contribution is 6.30. The molecule has 1 aromatic carbocycles. The Bertz CT molecular complexity index is 935. The number of nitrogens with zero attached hydrogens (tertiary/aromatic N) is 4. The highest BCUT2D eigenvalue weighted by Gasteiger charge is 2.31. The normalized spacial score (nSPS) is 19.5. The third kappa shape index (κ3) is 3.94. The molecule has 1 aliphatic rings. The van der Waals surface area contributed by atoms with Crippen molar-refractivity contribution in [3.8, 4) is 0 Å². The summed E-state index contributed by atoms with van der Waals surface area (Å²) in [4.78, 5) is 20.6. The summed E-state index contributed by atoms with van der Waals surface area (Å²) in [6, 6.07) is 7.67. The number of ether oxygens (including phenoxy) is 1. The van der Waals surface area contributed by atoms with E-state index in [-0.39, 0.29) is 17.8 Å². The molecule has 0 aliphatic carbocycles. The average molecular weight is 387 g/mol. The summed E-state index contributed by atoms with van der Waals surface area (Å²) in [5, 5.41) is 4.79. The van der Waals surface area contributed by atoms with Crippen LogP contribution in [0.25, 0.3) is 0 Å². The molecule has 1 saturated heterocycles. The van der Waals surface area contributed by atoms with Crippen molar-refractivity contribution >= 4 is 17.4 Å². The molecule has 27 heavy (non-hydrogen) atoms. The number of hydrogen-bond acceptors (Lipinski definition) is 6. The van der Waals surface area contributed by atoms with Crippen molar-refractivity contribution < 1.29 is 14.1 Å². The summed E-state index contributed by atoms with van der Waals surface area (Å²) < 4.78 is 12.9. The first-order chi connectivity index (χ1) is 13.1. The number of halogens is 1. The number of imidazole rings is 1. The van der Waals surface area contributed by atoms with Gasteiger partial charge in [0.1, 0.15) is 5.69 Å². The molecule has 3 heterocycles. The molecule has 2 atom stereocenters. The zero-order chi connectivity index (χ0) is 18.8. The molecular weight excluding hydrogens is 368 g/mol. The number of hydrogen-bond donors (Lipinski definition) is 0. The summed E-state index contributed by atoms with van der Waals surface area (Å²) in [6.45, 7) is 0.542. The Kier molecular flexibility index (Phi) is 5.05. The van der Waals surface area contributed by atoms with Gasteiger partial charge in [0, 0.05) is 30.8 Å². The third-order valence-corrected chi connectivity index (χ3v) is 5.01. The van der Waals surface area contributed by atoms with E-state index in [4.69, 9.17) is 20.9 Å². The molecular formula is C19H19ClN4O3. The van der Waals surface area contributed by atoms with E-state index in [1.807, 2.05) is 24.3 Å². The van der Waals surface area contributed by atoms with Crippen LogP contribution in [0.4, 0.5) is 0 Å². The van der Waals surface area contributed by atoms with E-state index in [1.165, 1.54) is 0 Å². The molecule has 0 bridgehead atoms. The largest absolute Gasteiger partial charge is 0.373 e. The number of carbonyl (C=O) groups excluding carboxylic acids is 1. The smallest absolute Gasteiger partial charge is 0.227 e. The van der Waals surface area contributed by atoms with Gasteiger partial charge in [0.25, 0.3) is 0 Å². The molecule has 3 aromatic rings. The van der Waals surface area contributed by atoms with Gasteiger partial charge in [0.2, 0.25) is 5.89 Å². The van der Waals surface area contributed by atoms with Crippen LogP contribution < -0.4 is 0 Å². The van der Waals surface area contributed by atoms with Crippen LogP contribution in [0.3, 0.4) is 0 Å². The Morgan fingerprint density at radius 1 is 1.33 bits per heavy atom. The van der Waals surface area contributed by atoms with Gasteiger partial charge in [0.05, 0.1) is 25.2 Å². The van der Waals surface area contributed by atoms with Crippen LogP contribution in [0.15, 0.2) is 41.3 Å². The molecule has 0 N–H and O–H groups in total. The summed E-state index contributed by atoms with van der Waals surface area (Å²) in [7, 11) is 1.79. The minimum absolute atomic E-state index is 0.000588. The van der Waals surface area contributed by atoms with Gasteiger partial charge in [-0.3, -0.25) is 4.79 Å². The van der Waals surface area contributed by atoms with Crippen molar-refractivity contribution in [3.05, 3.63) is 64.8 Å². The van der Waals surface area contributed by atoms with Gasteiger partial charge in [0.15, 0.2) is 11.6 Å². The molecule has 0 spiro atoms. The lowest BCUT2D eigenvalue weighted by Gasteiger charge is -2.09. The lowest BCUT2D eigenvalue weighted by atomic mass is 10.00. The van der Waals surface area contributed by atoms with Gasteiger partial charge in [-0.15, -0.1) is 0 Å². The van der Waals surface area contributed by atoms with Gasteiger partial charge in [-0.2, -0.15) is 4.98 Å². The molecule has 2 aromatic heterocycles. The minimum Gasteiger partial charge on any atom is -0.373 e. The topological polar surface area (TPSA) is 83.0 Å². The maximum atomic E-state index is 12.2. The molecule has 1 aliphatic heterocycles. The fraction of sp³-hybridized carbons (Fsp3) is 0.368. The summed E-state index contributed by atoms with van der Waals surface area (Å²) in [5.41, 5.74) is 1.66. The summed E-state index contributed by atoms with van der Waals surface area (Å²) >= 11 is 5.94. The van der Waals surface area contributed by atoms with Crippen LogP contribution in [0.5, 0.6) is 0 Å². The molecule has 0 saturated carbocycles. The van der Waals surface area contributed by atoms with Crippen molar-refractivity contribution in [1.82, 2.24) is 19.7 Å². The van der Waals surface area contributed by atoms with E-state index in [9.17, 15) is 4.79 Å². The molecule has 0 amide bonds. The number of Topliss-reactive ketones (excluding diaryl/α,β-unsaturated/α-hetero) is 1. The van der Waals surface area contributed by atoms with Crippen LogP contribution >= 0.6 is 11.6 Å². The fourth-order valence-electron chi connectivity index (χ4n) is 3.23. The van der Waals surface area contributed by atoms with E-state index < -0.39 is 0 Å². The van der Waals surface area contributed by atoms with E-state index in [1.54, 1.807) is 24.1 Å². The average Bonchev–Trinajstić information content (AvgIpc) is 3.40. The Morgan fingerprint density at radius 2 is 2.15 bits per heavy atom.